The summed E-state index contributed by atoms with van der Waals surface area (Å²) in [4.78, 5) is 12.5. The Kier molecular flexibility index (Phi) is 3.36. The van der Waals surface area contributed by atoms with E-state index in [9.17, 15) is 4.79 Å². The Morgan fingerprint density at radius 3 is 2.79 bits per heavy atom. The molecule has 3 nitrogen and oxygen atoms in total. The summed E-state index contributed by atoms with van der Waals surface area (Å²) in [7, 11) is 0. The van der Waals surface area contributed by atoms with Crippen molar-refractivity contribution < 1.29 is 4.74 Å². The van der Waals surface area contributed by atoms with Crippen molar-refractivity contribution in [2.45, 2.75) is 25.8 Å². The van der Waals surface area contributed by atoms with Crippen LogP contribution in [0.3, 0.4) is 0 Å². The minimum Gasteiger partial charge on any atom is -0.493 e. The Hall–Kier alpha value is -2.03. The fourth-order valence-corrected chi connectivity index (χ4v) is 2.46. The summed E-state index contributed by atoms with van der Waals surface area (Å²) in [6.45, 7) is 1.34. The van der Waals surface area contributed by atoms with Crippen molar-refractivity contribution in [2.24, 2.45) is 0 Å². The first-order chi connectivity index (χ1) is 9.34. The molecule has 1 aliphatic rings. The second kappa shape index (κ2) is 5.31. The highest BCUT2D eigenvalue weighted by molar-refractivity contribution is 5.32. The largest absolute Gasteiger partial charge is 0.493 e. The Balaban J connectivity index is 1.95. The van der Waals surface area contributed by atoms with E-state index in [2.05, 4.69) is 0 Å². The summed E-state index contributed by atoms with van der Waals surface area (Å²) in [6, 6.07) is 12.0. The monoisotopic (exact) mass is 255 g/mol. The van der Waals surface area contributed by atoms with E-state index in [1.165, 1.54) is 0 Å². The average Bonchev–Trinajstić information content (AvgIpc) is 2.69. The molecule has 19 heavy (non-hydrogen) atoms. The number of hydrogen-bond acceptors (Lipinski definition) is 2. The molecule has 0 amide bonds. The SMILES string of the molecule is O=c1c2c(ccn1Cc1ccccc1)OCCCC2. The van der Waals surface area contributed by atoms with Gasteiger partial charge in [0.05, 0.1) is 18.7 Å². The van der Waals surface area contributed by atoms with E-state index in [1.54, 1.807) is 4.57 Å². The maximum absolute atomic E-state index is 12.5. The maximum Gasteiger partial charge on any atom is 0.257 e. The van der Waals surface area contributed by atoms with Gasteiger partial charge in [0.1, 0.15) is 5.75 Å². The highest BCUT2D eigenvalue weighted by atomic mass is 16.5. The molecular weight excluding hydrogens is 238 g/mol. The smallest absolute Gasteiger partial charge is 0.257 e. The third-order valence-corrected chi connectivity index (χ3v) is 3.50. The highest BCUT2D eigenvalue weighted by Crippen LogP contribution is 2.20. The van der Waals surface area contributed by atoms with Gasteiger partial charge in [-0.25, -0.2) is 0 Å². The molecule has 0 radical (unpaired) electrons. The van der Waals surface area contributed by atoms with Crippen molar-refractivity contribution in [1.82, 2.24) is 4.57 Å². The van der Waals surface area contributed by atoms with Gasteiger partial charge in [-0.05, 0) is 30.9 Å². The zero-order valence-electron chi connectivity index (χ0n) is 10.8. The van der Waals surface area contributed by atoms with Crippen molar-refractivity contribution in [2.75, 3.05) is 6.61 Å². The van der Waals surface area contributed by atoms with E-state index in [1.807, 2.05) is 42.6 Å². The average molecular weight is 255 g/mol. The van der Waals surface area contributed by atoms with Crippen LogP contribution in [-0.2, 0) is 13.0 Å². The molecule has 3 heteroatoms. The number of nitrogens with zero attached hydrogens (tertiary/aromatic N) is 1. The van der Waals surface area contributed by atoms with Gasteiger partial charge < -0.3 is 9.30 Å². The van der Waals surface area contributed by atoms with Crippen molar-refractivity contribution in [1.29, 1.82) is 0 Å². The molecule has 0 fully saturated rings. The van der Waals surface area contributed by atoms with Crippen LogP contribution in [0, 0.1) is 0 Å². The molecule has 3 rings (SSSR count). The van der Waals surface area contributed by atoms with Crippen LogP contribution in [0.4, 0.5) is 0 Å². The van der Waals surface area contributed by atoms with E-state index >= 15 is 0 Å². The Bertz CT molecular complexity index is 616. The number of fused-ring (bicyclic) bond motifs is 1. The van der Waals surface area contributed by atoms with Crippen LogP contribution in [0.15, 0.2) is 47.4 Å². The highest BCUT2D eigenvalue weighted by Gasteiger charge is 2.14. The summed E-state index contributed by atoms with van der Waals surface area (Å²) < 4.78 is 7.39. The Morgan fingerprint density at radius 2 is 1.95 bits per heavy atom. The maximum atomic E-state index is 12.5. The molecule has 1 aromatic carbocycles. The normalized spacial score (nSPS) is 14.3. The minimum absolute atomic E-state index is 0.0863. The molecule has 0 saturated carbocycles. The van der Waals surface area contributed by atoms with Gasteiger partial charge >= 0.3 is 0 Å². The van der Waals surface area contributed by atoms with Gasteiger partial charge in [0.25, 0.3) is 5.56 Å². The summed E-state index contributed by atoms with van der Waals surface area (Å²) in [5.41, 5.74) is 2.05. The van der Waals surface area contributed by atoms with Crippen molar-refractivity contribution in [3.8, 4) is 5.75 Å². The molecule has 0 atom stereocenters. The Labute approximate surface area is 112 Å². The molecule has 98 valence electrons. The molecule has 0 unspecified atom stereocenters. The van der Waals surface area contributed by atoms with Gasteiger partial charge in [-0.2, -0.15) is 0 Å². The van der Waals surface area contributed by atoms with Crippen molar-refractivity contribution in [3.63, 3.8) is 0 Å². The van der Waals surface area contributed by atoms with E-state index in [0.717, 1.165) is 42.7 Å². The number of hydrogen-bond donors (Lipinski definition) is 0. The molecule has 1 aliphatic heterocycles. The van der Waals surface area contributed by atoms with Gasteiger partial charge in [-0.1, -0.05) is 30.3 Å². The lowest BCUT2D eigenvalue weighted by Crippen LogP contribution is -2.24. The molecule has 2 heterocycles. The van der Waals surface area contributed by atoms with E-state index in [0.29, 0.717) is 6.54 Å². The van der Waals surface area contributed by atoms with Gasteiger partial charge in [0.2, 0.25) is 0 Å². The molecule has 0 saturated heterocycles. The van der Waals surface area contributed by atoms with Crippen molar-refractivity contribution in [3.05, 3.63) is 64.1 Å². The molecular formula is C16H17NO2. The molecule has 2 aromatic rings. The number of benzene rings is 1. The number of aromatic nitrogens is 1. The molecule has 0 spiro atoms. The van der Waals surface area contributed by atoms with Gasteiger partial charge in [0, 0.05) is 6.20 Å². The zero-order chi connectivity index (χ0) is 13.1. The van der Waals surface area contributed by atoms with Crippen LogP contribution in [-0.4, -0.2) is 11.2 Å². The quantitative estimate of drug-likeness (QED) is 0.826. The van der Waals surface area contributed by atoms with E-state index in [-0.39, 0.29) is 5.56 Å². The predicted molar refractivity (Wildman–Crippen MR) is 74.7 cm³/mol. The van der Waals surface area contributed by atoms with Crippen LogP contribution in [0.1, 0.15) is 24.0 Å². The molecule has 0 N–H and O–H groups in total. The first-order valence-corrected chi connectivity index (χ1v) is 6.73. The first-order valence-electron chi connectivity index (χ1n) is 6.73. The summed E-state index contributed by atoms with van der Waals surface area (Å²) in [5, 5.41) is 0. The third kappa shape index (κ3) is 2.55. The van der Waals surface area contributed by atoms with E-state index < -0.39 is 0 Å². The number of ether oxygens (including phenoxy) is 1. The summed E-state index contributed by atoms with van der Waals surface area (Å²) in [5.74, 6) is 0.770. The van der Waals surface area contributed by atoms with E-state index in [4.69, 9.17) is 4.74 Å². The van der Waals surface area contributed by atoms with Gasteiger partial charge in [-0.15, -0.1) is 0 Å². The van der Waals surface area contributed by atoms with Crippen LogP contribution in [0.25, 0.3) is 0 Å². The lowest BCUT2D eigenvalue weighted by molar-refractivity contribution is 0.316. The van der Waals surface area contributed by atoms with Crippen LogP contribution < -0.4 is 10.3 Å². The standard InChI is InChI=1S/C16H17NO2/c18-16-14-8-4-5-11-19-15(14)9-10-17(16)12-13-6-2-1-3-7-13/h1-3,6-7,9-10H,4-5,8,11-12H2. The zero-order valence-corrected chi connectivity index (χ0v) is 10.8. The predicted octanol–water partition coefficient (Wildman–Crippen LogP) is 2.61. The molecule has 1 aromatic heterocycles. The number of rotatable bonds is 2. The second-order valence-electron chi connectivity index (χ2n) is 4.88. The van der Waals surface area contributed by atoms with Crippen molar-refractivity contribution >= 4 is 0 Å². The lowest BCUT2D eigenvalue weighted by atomic mass is 10.1. The van der Waals surface area contributed by atoms with Gasteiger partial charge in [0.15, 0.2) is 0 Å². The fourth-order valence-electron chi connectivity index (χ4n) is 2.46. The summed E-state index contributed by atoms with van der Waals surface area (Å²) in [6.07, 6.45) is 4.70. The van der Waals surface area contributed by atoms with Gasteiger partial charge in [-0.3, -0.25) is 4.79 Å². The Morgan fingerprint density at radius 1 is 1.11 bits per heavy atom. The first kappa shape index (κ1) is 12.0. The minimum atomic E-state index is 0.0863. The van der Waals surface area contributed by atoms with Crippen LogP contribution >= 0.6 is 0 Å². The lowest BCUT2D eigenvalue weighted by Gasteiger charge is -2.11. The molecule has 0 bridgehead atoms. The fraction of sp³-hybridized carbons (Fsp3) is 0.312. The summed E-state index contributed by atoms with van der Waals surface area (Å²) >= 11 is 0. The van der Waals surface area contributed by atoms with Crippen LogP contribution in [0.2, 0.25) is 0 Å². The third-order valence-electron chi connectivity index (χ3n) is 3.50. The second-order valence-corrected chi connectivity index (χ2v) is 4.88. The topological polar surface area (TPSA) is 31.2 Å². The van der Waals surface area contributed by atoms with Crippen LogP contribution in [0.5, 0.6) is 5.75 Å². The molecule has 0 aliphatic carbocycles. The number of pyridine rings is 1.